The highest BCUT2D eigenvalue weighted by Crippen LogP contribution is 2.30. The lowest BCUT2D eigenvalue weighted by atomic mass is 10.1. The summed E-state index contributed by atoms with van der Waals surface area (Å²) in [6.45, 7) is 7.47. The summed E-state index contributed by atoms with van der Waals surface area (Å²) in [7, 11) is 0. The number of amides is 2. The van der Waals surface area contributed by atoms with Crippen molar-refractivity contribution in [3.8, 4) is 11.5 Å². The second kappa shape index (κ2) is 13.0. The number of aryl methyl sites for hydroxylation is 1. The molecule has 7 nitrogen and oxygen atoms in total. The molecule has 0 aliphatic carbocycles. The maximum atomic E-state index is 10.8. The average Bonchev–Trinajstić information content (AvgIpc) is 3.37. The number of fused-ring (bicyclic) bond motifs is 2. The van der Waals surface area contributed by atoms with Gasteiger partial charge >= 0.3 is 0 Å². The zero-order valence-electron chi connectivity index (χ0n) is 18.4. The molecule has 3 N–H and O–H groups in total. The smallest absolute Gasteiger partial charge is 0.231 e. The van der Waals surface area contributed by atoms with E-state index in [0.717, 1.165) is 36.4 Å². The standard InChI is InChI=1S/C13H16N2O.C7H6O2.C4H9NO/c1-9-11(7-8-14-10(2)16)12-5-3-4-6-13(12)15-9;1-2-4-7-6(3-1)8-5-9-7;1-2-3-5-4-6/h3-6,15H,7-8H2,1-2H3,(H,14,16);1-4H,5H2;4H,2-3H2,1H3,(H,5,6). The van der Waals surface area contributed by atoms with Crippen LogP contribution in [0.4, 0.5) is 0 Å². The summed E-state index contributed by atoms with van der Waals surface area (Å²) in [5.74, 6) is 1.72. The van der Waals surface area contributed by atoms with Gasteiger partial charge in [0.1, 0.15) is 0 Å². The molecule has 0 atom stereocenters. The number of ether oxygens (including phenoxy) is 2. The van der Waals surface area contributed by atoms with E-state index in [9.17, 15) is 9.59 Å². The SMILES string of the molecule is CC(=O)NCCc1c(C)[nH]c2ccccc12.CCCNC=O.c1ccc2c(c1)OCO2. The van der Waals surface area contributed by atoms with Crippen LogP contribution in [0.25, 0.3) is 10.9 Å². The van der Waals surface area contributed by atoms with Crippen LogP contribution in [0.3, 0.4) is 0 Å². The van der Waals surface area contributed by atoms with Gasteiger partial charge in [0.05, 0.1) is 0 Å². The monoisotopic (exact) mass is 425 g/mol. The molecule has 1 aromatic heterocycles. The van der Waals surface area contributed by atoms with Crippen molar-refractivity contribution >= 4 is 23.2 Å². The van der Waals surface area contributed by atoms with E-state index in [0.29, 0.717) is 19.7 Å². The van der Waals surface area contributed by atoms with E-state index in [2.05, 4.69) is 34.7 Å². The molecule has 166 valence electrons. The number of rotatable bonds is 6. The maximum absolute atomic E-state index is 10.8. The summed E-state index contributed by atoms with van der Waals surface area (Å²) in [6, 6.07) is 15.9. The lowest BCUT2D eigenvalue weighted by Crippen LogP contribution is -2.22. The first-order chi connectivity index (χ1) is 15.1. The lowest BCUT2D eigenvalue weighted by molar-refractivity contribution is -0.119. The number of benzene rings is 2. The number of aromatic amines is 1. The summed E-state index contributed by atoms with van der Waals surface area (Å²) in [4.78, 5) is 23.6. The third kappa shape index (κ3) is 7.70. The Labute approximate surface area is 183 Å². The van der Waals surface area contributed by atoms with Gasteiger partial charge in [-0.2, -0.15) is 0 Å². The predicted molar refractivity (Wildman–Crippen MR) is 122 cm³/mol. The topological polar surface area (TPSA) is 92.5 Å². The second-order valence-corrected chi connectivity index (χ2v) is 6.93. The molecule has 3 aromatic rings. The van der Waals surface area contributed by atoms with Crippen molar-refractivity contribution in [1.29, 1.82) is 0 Å². The summed E-state index contributed by atoms with van der Waals surface area (Å²) in [5, 5.41) is 6.60. The molecule has 2 aromatic carbocycles. The molecule has 1 aliphatic heterocycles. The Bertz CT molecular complexity index is 945. The summed E-state index contributed by atoms with van der Waals surface area (Å²) in [5.41, 5.74) is 3.65. The molecule has 0 saturated carbocycles. The van der Waals surface area contributed by atoms with Crippen LogP contribution in [-0.2, 0) is 16.0 Å². The fourth-order valence-electron chi connectivity index (χ4n) is 3.07. The van der Waals surface area contributed by atoms with Gasteiger partial charge in [0, 0.05) is 36.6 Å². The average molecular weight is 426 g/mol. The van der Waals surface area contributed by atoms with Crippen LogP contribution in [0.15, 0.2) is 48.5 Å². The van der Waals surface area contributed by atoms with Gasteiger partial charge in [-0.05, 0) is 43.5 Å². The molecular weight excluding hydrogens is 394 g/mol. The number of aromatic nitrogens is 1. The van der Waals surface area contributed by atoms with Gasteiger partial charge in [-0.25, -0.2) is 0 Å². The van der Waals surface area contributed by atoms with Gasteiger partial charge < -0.3 is 25.1 Å². The minimum atomic E-state index is 0.0255. The molecule has 1 aliphatic rings. The van der Waals surface area contributed by atoms with Crippen molar-refractivity contribution < 1.29 is 19.1 Å². The Balaban J connectivity index is 0.000000191. The Morgan fingerprint density at radius 3 is 2.29 bits per heavy atom. The lowest BCUT2D eigenvalue weighted by Gasteiger charge is -2.02. The molecule has 2 amide bonds. The first kappa shape index (κ1) is 23.8. The number of carbonyl (C=O) groups excluding carboxylic acids is 2. The molecule has 0 bridgehead atoms. The van der Waals surface area contributed by atoms with Crippen molar-refractivity contribution in [2.24, 2.45) is 0 Å². The minimum Gasteiger partial charge on any atom is -0.454 e. The molecular formula is C24H31N3O4. The largest absolute Gasteiger partial charge is 0.454 e. The summed E-state index contributed by atoms with van der Waals surface area (Å²) < 4.78 is 10.2. The van der Waals surface area contributed by atoms with Gasteiger partial charge in [0.2, 0.25) is 19.1 Å². The van der Waals surface area contributed by atoms with Crippen molar-refractivity contribution in [2.45, 2.75) is 33.6 Å². The molecule has 7 heteroatoms. The van der Waals surface area contributed by atoms with Crippen LogP contribution in [-0.4, -0.2) is 37.2 Å². The molecule has 0 saturated heterocycles. The second-order valence-electron chi connectivity index (χ2n) is 6.93. The van der Waals surface area contributed by atoms with E-state index in [4.69, 9.17) is 9.47 Å². The molecule has 0 unspecified atom stereocenters. The number of para-hydroxylation sites is 3. The fourth-order valence-corrected chi connectivity index (χ4v) is 3.07. The molecule has 0 spiro atoms. The molecule has 4 rings (SSSR count). The van der Waals surface area contributed by atoms with Gasteiger partial charge in [-0.1, -0.05) is 37.3 Å². The van der Waals surface area contributed by atoms with Crippen molar-refractivity contribution in [3.05, 3.63) is 59.8 Å². The van der Waals surface area contributed by atoms with E-state index in [-0.39, 0.29) is 5.91 Å². The third-order valence-corrected chi connectivity index (χ3v) is 4.53. The Hall–Kier alpha value is -3.48. The zero-order valence-corrected chi connectivity index (χ0v) is 18.4. The van der Waals surface area contributed by atoms with Crippen molar-refractivity contribution in [2.75, 3.05) is 19.9 Å². The van der Waals surface area contributed by atoms with Crippen molar-refractivity contribution in [3.63, 3.8) is 0 Å². The zero-order chi connectivity index (χ0) is 22.5. The van der Waals surface area contributed by atoms with Crippen LogP contribution in [0.1, 0.15) is 31.5 Å². The number of hydrogen-bond acceptors (Lipinski definition) is 4. The van der Waals surface area contributed by atoms with Crippen LogP contribution in [0, 0.1) is 6.92 Å². The fraction of sp³-hybridized carbons (Fsp3) is 0.333. The summed E-state index contributed by atoms with van der Waals surface area (Å²) in [6.07, 6.45) is 2.59. The van der Waals surface area contributed by atoms with E-state index in [1.54, 1.807) is 6.92 Å². The van der Waals surface area contributed by atoms with Gasteiger partial charge in [0.25, 0.3) is 0 Å². The number of carbonyl (C=O) groups is 2. The van der Waals surface area contributed by atoms with Crippen LogP contribution < -0.4 is 20.1 Å². The highest BCUT2D eigenvalue weighted by atomic mass is 16.7. The Morgan fingerprint density at radius 2 is 1.71 bits per heavy atom. The normalized spacial score (nSPS) is 10.9. The van der Waals surface area contributed by atoms with Crippen LogP contribution in [0.5, 0.6) is 11.5 Å². The van der Waals surface area contributed by atoms with E-state index in [1.165, 1.54) is 16.6 Å². The molecule has 0 fully saturated rings. The Morgan fingerprint density at radius 1 is 1.06 bits per heavy atom. The third-order valence-electron chi connectivity index (χ3n) is 4.53. The van der Waals surface area contributed by atoms with Gasteiger partial charge in [-0.3, -0.25) is 9.59 Å². The number of hydrogen-bond donors (Lipinski definition) is 3. The van der Waals surface area contributed by atoms with Crippen molar-refractivity contribution in [1.82, 2.24) is 15.6 Å². The number of H-pyrrole nitrogens is 1. The van der Waals surface area contributed by atoms with Gasteiger partial charge in [0.15, 0.2) is 11.5 Å². The molecule has 2 heterocycles. The first-order valence-electron chi connectivity index (χ1n) is 10.4. The van der Waals surface area contributed by atoms with Crippen LogP contribution in [0.2, 0.25) is 0 Å². The minimum absolute atomic E-state index is 0.0255. The number of nitrogens with one attached hydrogen (secondary N) is 3. The summed E-state index contributed by atoms with van der Waals surface area (Å²) >= 11 is 0. The van der Waals surface area contributed by atoms with E-state index < -0.39 is 0 Å². The quantitative estimate of drug-likeness (QED) is 0.415. The van der Waals surface area contributed by atoms with Crippen LogP contribution >= 0.6 is 0 Å². The van der Waals surface area contributed by atoms with Gasteiger partial charge in [-0.15, -0.1) is 0 Å². The first-order valence-corrected chi connectivity index (χ1v) is 10.4. The van der Waals surface area contributed by atoms with E-state index >= 15 is 0 Å². The highest BCUT2D eigenvalue weighted by molar-refractivity contribution is 5.84. The molecule has 31 heavy (non-hydrogen) atoms. The predicted octanol–water partition coefficient (Wildman–Crippen LogP) is 3.71. The Kier molecular flexibility index (Phi) is 9.94. The van der Waals surface area contributed by atoms with E-state index in [1.807, 2.05) is 43.3 Å². The molecule has 0 radical (unpaired) electrons. The highest BCUT2D eigenvalue weighted by Gasteiger charge is 2.09. The maximum Gasteiger partial charge on any atom is 0.231 e.